The molecule has 1 aromatic rings. The quantitative estimate of drug-likeness (QED) is 0.864. The van der Waals surface area contributed by atoms with Crippen LogP contribution in [0.4, 0.5) is 10.1 Å². The van der Waals surface area contributed by atoms with Gasteiger partial charge in [-0.15, -0.1) is 0 Å². The molecule has 106 valence electrons. The van der Waals surface area contributed by atoms with Crippen LogP contribution in [0.1, 0.15) is 39.2 Å². The largest absolute Gasteiger partial charge is 0.381 e. The molecule has 19 heavy (non-hydrogen) atoms. The smallest absolute Gasteiger partial charge is 0.128 e. The standard InChI is InChI=1S/C16H24FNO/c1-5-16(4)14(10-15(16)19-6-2)18-13-9-7-8-12(17)11(13)3/h7-9,14-15,18H,5-6,10H2,1-4H3. The first kappa shape index (κ1) is 14.3. The Bertz CT molecular complexity index is 448. The van der Waals surface area contributed by atoms with E-state index in [2.05, 4.69) is 19.2 Å². The van der Waals surface area contributed by atoms with Crippen LogP contribution in [0.3, 0.4) is 0 Å². The molecular weight excluding hydrogens is 241 g/mol. The third-order valence-corrected chi connectivity index (χ3v) is 4.71. The first-order chi connectivity index (χ1) is 9.02. The van der Waals surface area contributed by atoms with Crippen LogP contribution < -0.4 is 5.32 Å². The molecule has 0 spiro atoms. The average molecular weight is 265 g/mol. The summed E-state index contributed by atoms with van der Waals surface area (Å²) in [6.45, 7) is 9.06. The Labute approximate surface area is 115 Å². The van der Waals surface area contributed by atoms with E-state index in [0.717, 1.165) is 25.1 Å². The molecule has 0 aliphatic heterocycles. The highest BCUT2D eigenvalue weighted by Crippen LogP contribution is 2.47. The topological polar surface area (TPSA) is 21.3 Å². The number of nitrogens with one attached hydrogen (secondary N) is 1. The zero-order valence-electron chi connectivity index (χ0n) is 12.3. The van der Waals surface area contributed by atoms with Crippen LogP contribution in [0.5, 0.6) is 0 Å². The highest BCUT2D eigenvalue weighted by molar-refractivity contribution is 5.52. The zero-order chi connectivity index (χ0) is 14.0. The molecule has 0 amide bonds. The Balaban J connectivity index is 2.10. The molecule has 3 atom stereocenters. The fourth-order valence-corrected chi connectivity index (χ4v) is 2.93. The molecular formula is C16H24FNO. The molecule has 2 rings (SSSR count). The molecule has 0 saturated heterocycles. The van der Waals surface area contributed by atoms with Crippen molar-refractivity contribution in [3.05, 3.63) is 29.6 Å². The third kappa shape index (κ3) is 2.48. The van der Waals surface area contributed by atoms with Gasteiger partial charge in [0, 0.05) is 29.3 Å². The van der Waals surface area contributed by atoms with Gasteiger partial charge < -0.3 is 10.1 Å². The summed E-state index contributed by atoms with van der Waals surface area (Å²) < 4.78 is 19.4. The van der Waals surface area contributed by atoms with Gasteiger partial charge in [0.2, 0.25) is 0 Å². The van der Waals surface area contributed by atoms with Crippen molar-refractivity contribution in [3.63, 3.8) is 0 Å². The maximum absolute atomic E-state index is 13.6. The second-order valence-electron chi connectivity index (χ2n) is 5.65. The van der Waals surface area contributed by atoms with E-state index >= 15 is 0 Å². The third-order valence-electron chi connectivity index (χ3n) is 4.71. The summed E-state index contributed by atoms with van der Waals surface area (Å²) in [5.74, 6) is -0.149. The highest BCUT2D eigenvalue weighted by atomic mass is 19.1. The van der Waals surface area contributed by atoms with Crippen molar-refractivity contribution >= 4 is 5.69 Å². The number of benzene rings is 1. The van der Waals surface area contributed by atoms with Crippen molar-refractivity contribution in [2.45, 2.75) is 52.7 Å². The van der Waals surface area contributed by atoms with Crippen LogP contribution in [0, 0.1) is 18.2 Å². The molecule has 0 heterocycles. The summed E-state index contributed by atoms with van der Waals surface area (Å²) in [6.07, 6.45) is 2.37. The highest BCUT2D eigenvalue weighted by Gasteiger charge is 2.51. The van der Waals surface area contributed by atoms with Crippen LogP contribution in [-0.2, 0) is 4.74 Å². The molecule has 1 fully saturated rings. The van der Waals surface area contributed by atoms with Gasteiger partial charge in [-0.25, -0.2) is 4.39 Å². The number of halogens is 1. The van der Waals surface area contributed by atoms with Crippen molar-refractivity contribution in [1.29, 1.82) is 0 Å². The van der Waals surface area contributed by atoms with Gasteiger partial charge in [-0.3, -0.25) is 0 Å². The summed E-state index contributed by atoms with van der Waals surface area (Å²) >= 11 is 0. The minimum Gasteiger partial charge on any atom is -0.381 e. The normalized spacial score (nSPS) is 29.9. The number of ether oxygens (including phenoxy) is 1. The van der Waals surface area contributed by atoms with Gasteiger partial charge in [0.05, 0.1) is 6.10 Å². The molecule has 0 aromatic heterocycles. The first-order valence-electron chi connectivity index (χ1n) is 7.16. The molecule has 1 aliphatic rings. The lowest BCUT2D eigenvalue weighted by Gasteiger charge is -2.54. The SMILES string of the molecule is CCOC1CC(Nc2cccc(F)c2C)C1(C)CC. The van der Waals surface area contributed by atoms with Gasteiger partial charge in [0.15, 0.2) is 0 Å². The number of anilines is 1. The van der Waals surface area contributed by atoms with Crippen LogP contribution in [0.2, 0.25) is 0 Å². The van der Waals surface area contributed by atoms with Crippen LogP contribution >= 0.6 is 0 Å². The number of hydrogen-bond donors (Lipinski definition) is 1. The molecule has 1 saturated carbocycles. The van der Waals surface area contributed by atoms with E-state index in [-0.39, 0.29) is 11.2 Å². The maximum atomic E-state index is 13.6. The monoisotopic (exact) mass is 265 g/mol. The van der Waals surface area contributed by atoms with Gasteiger partial charge in [-0.1, -0.05) is 19.9 Å². The lowest BCUT2D eigenvalue weighted by Crippen LogP contribution is -2.59. The molecule has 3 heteroatoms. The Morgan fingerprint density at radius 3 is 2.79 bits per heavy atom. The predicted octanol–water partition coefficient (Wildman–Crippen LogP) is 4.14. The van der Waals surface area contributed by atoms with E-state index in [1.165, 1.54) is 6.07 Å². The minimum absolute atomic E-state index is 0.134. The molecule has 1 N–H and O–H groups in total. The molecule has 1 aliphatic carbocycles. The lowest BCUT2D eigenvalue weighted by atomic mass is 9.61. The minimum atomic E-state index is -0.149. The summed E-state index contributed by atoms with van der Waals surface area (Å²) in [4.78, 5) is 0. The lowest BCUT2D eigenvalue weighted by molar-refractivity contribution is -0.109. The van der Waals surface area contributed by atoms with E-state index in [0.29, 0.717) is 17.7 Å². The maximum Gasteiger partial charge on any atom is 0.128 e. The van der Waals surface area contributed by atoms with Gasteiger partial charge in [0.25, 0.3) is 0 Å². The van der Waals surface area contributed by atoms with Crippen LogP contribution in [-0.4, -0.2) is 18.8 Å². The second kappa shape index (κ2) is 5.49. The fourth-order valence-electron chi connectivity index (χ4n) is 2.93. The Morgan fingerprint density at radius 2 is 2.16 bits per heavy atom. The van der Waals surface area contributed by atoms with Crippen molar-refractivity contribution in [2.24, 2.45) is 5.41 Å². The van der Waals surface area contributed by atoms with E-state index in [9.17, 15) is 4.39 Å². The Morgan fingerprint density at radius 1 is 1.42 bits per heavy atom. The second-order valence-corrected chi connectivity index (χ2v) is 5.65. The first-order valence-corrected chi connectivity index (χ1v) is 7.16. The van der Waals surface area contributed by atoms with E-state index in [1.807, 2.05) is 19.9 Å². The van der Waals surface area contributed by atoms with E-state index in [1.54, 1.807) is 6.07 Å². The van der Waals surface area contributed by atoms with Crippen LogP contribution in [0.25, 0.3) is 0 Å². The van der Waals surface area contributed by atoms with Crippen molar-refractivity contribution in [2.75, 3.05) is 11.9 Å². The zero-order valence-corrected chi connectivity index (χ0v) is 12.3. The Hall–Kier alpha value is -1.09. The van der Waals surface area contributed by atoms with Crippen LogP contribution in [0.15, 0.2) is 18.2 Å². The molecule has 0 radical (unpaired) electrons. The van der Waals surface area contributed by atoms with Gasteiger partial charge in [-0.05, 0) is 38.8 Å². The summed E-state index contributed by atoms with van der Waals surface area (Å²) in [5, 5.41) is 3.50. The molecule has 0 bridgehead atoms. The fraction of sp³-hybridized carbons (Fsp3) is 0.625. The molecule has 2 nitrogen and oxygen atoms in total. The number of rotatable bonds is 5. The average Bonchev–Trinajstić information content (AvgIpc) is 2.41. The molecule has 1 aromatic carbocycles. The van der Waals surface area contributed by atoms with Gasteiger partial charge >= 0.3 is 0 Å². The summed E-state index contributed by atoms with van der Waals surface area (Å²) in [5.41, 5.74) is 1.73. The summed E-state index contributed by atoms with van der Waals surface area (Å²) in [7, 11) is 0. The van der Waals surface area contributed by atoms with E-state index < -0.39 is 0 Å². The van der Waals surface area contributed by atoms with Gasteiger partial charge in [-0.2, -0.15) is 0 Å². The van der Waals surface area contributed by atoms with Crippen molar-refractivity contribution in [3.8, 4) is 0 Å². The Kier molecular flexibility index (Phi) is 4.14. The number of hydrogen-bond acceptors (Lipinski definition) is 2. The predicted molar refractivity (Wildman–Crippen MR) is 77.0 cm³/mol. The van der Waals surface area contributed by atoms with Crippen molar-refractivity contribution < 1.29 is 9.13 Å². The van der Waals surface area contributed by atoms with Gasteiger partial charge in [0.1, 0.15) is 5.82 Å². The summed E-state index contributed by atoms with van der Waals surface area (Å²) in [6, 6.07) is 5.56. The van der Waals surface area contributed by atoms with E-state index in [4.69, 9.17) is 4.74 Å². The van der Waals surface area contributed by atoms with Crippen molar-refractivity contribution in [1.82, 2.24) is 0 Å². The molecule has 3 unspecified atom stereocenters.